The molecule has 3 nitrogen and oxygen atoms in total. The van der Waals surface area contributed by atoms with Gasteiger partial charge in [-0.05, 0) is 0 Å². The minimum absolute atomic E-state index is 0. The van der Waals surface area contributed by atoms with E-state index in [0.717, 1.165) is 0 Å². The minimum atomic E-state index is -0.286. The average Bonchev–Trinajstić information content (AvgIpc) is 1.61. The molecule has 0 atom stereocenters. The van der Waals surface area contributed by atoms with Crippen LogP contribution < -0.4 is 0 Å². The van der Waals surface area contributed by atoms with Crippen LogP contribution in [0, 0.1) is 0 Å². The maximum absolute atomic E-state index is 9.92. The van der Waals surface area contributed by atoms with Crippen LogP contribution in [0.15, 0.2) is 0 Å². The van der Waals surface area contributed by atoms with E-state index < -0.39 is 0 Å². The molecule has 4 heteroatoms. The fraction of sp³-hybridized carbons (Fsp3) is 0.750. The van der Waals surface area contributed by atoms with E-state index >= 15 is 0 Å². The smallest absolute Gasteiger partial charge is 0.300 e. The van der Waals surface area contributed by atoms with Crippen LogP contribution in [0.1, 0.15) is 6.92 Å². The quantitative estimate of drug-likeness (QED) is 0.695. The molecule has 0 rings (SSSR count). The molecule has 0 bridgehead atoms. The molecule has 0 aromatic carbocycles. The number of carbonyl (C=O) groups excluding carboxylic acids is 1. The monoisotopic (exact) mass is 289 g/mol. The molecule has 8 heavy (non-hydrogen) atoms. The molecule has 0 aliphatic rings. The van der Waals surface area contributed by atoms with E-state index in [1.807, 2.05) is 0 Å². The van der Waals surface area contributed by atoms with Crippen molar-refractivity contribution < 1.29 is 30.0 Å². The van der Waals surface area contributed by atoms with E-state index in [1.165, 1.54) is 6.92 Å². The number of carbonyl (C=O) groups is 1. The van der Waals surface area contributed by atoms with Gasteiger partial charge in [0.25, 0.3) is 0 Å². The van der Waals surface area contributed by atoms with Crippen molar-refractivity contribution in [1.82, 2.24) is 0 Å². The fourth-order valence-corrected chi connectivity index (χ4v) is 0.155. The summed E-state index contributed by atoms with van der Waals surface area (Å²) >= 11 is 0. The number of esters is 1. The average molecular weight is 288 g/mol. The topological polar surface area (TPSA) is 40.4 Å². The van der Waals surface area contributed by atoms with Crippen LogP contribution in [0.25, 0.3) is 5.32 Å². The maximum Gasteiger partial charge on any atom is 0.300 e. The standard InChI is InChI=1S/C4H8NO2.Re/c1-4(6)7-3-5-2;/h3H2,1-2H3;/q-1;. The molecular formula is C4H8NO2Re-. The number of nitrogens with zero attached hydrogens (tertiary/aromatic N) is 1. The first-order valence-electron chi connectivity index (χ1n) is 1.96. The fourth-order valence-electron chi connectivity index (χ4n) is 0.155. The first-order valence-corrected chi connectivity index (χ1v) is 1.96. The Morgan fingerprint density at radius 3 is 2.38 bits per heavy atom. The van der Waals surface area contributed by atoms with Crippen LogP contribution in [-0.2, 0) is 30.0 Å². The SMILES string of the molecule is C[N-]COC(C)=O.[Re]. The van der Waals surface area contributed by atoms with Gasteiger partial charge in [0.2, 0.25) is 0 Å². The molecule has 0 aromatic rings. The van der Waals surface area contributed by atoms with Gasteiger partial charge in [-0.15, -0.1) is 0 Å². The molecule has 0 fully saturated rings. The first-order chi connectivity index (χ1) is 3.27. The van der Waals surface area contributed by atoms with Gasteiger partial charge in [0.05, 0.1) is 0 Å². The molecule has 1 radical (unpaired) electrons. The number of hydrogen-bond acceptors (Lipinski definition) is 2. The van der Waals surface area contributed by atoms with Gasteiger partial charge in [0, 0.05) is 34.1 Å². The molecule has 0 saturated carbocycles. The maximum atomic E-state index is 9.92. The molecule has 0 aliphatic carbocycles. The van der Waals surface area contributed by atoms with Crippen LogP contribution in [0.2, 0.25) is 0 Å². The van der Waals surface area contributed by atoms with E-state index in [2.05, 4.69) is 10.1 Å². The second kappa shape index (κ2) is 7.09. The zero-order valence-corrected chi connectivity index (χ0v) is 7.56. The summed E-state index contributed by atoms with van der Waals surface area (Å²) in [6, 6.07) is 0. The third-order valence-electron chi connectivity index (χ3n) is 0.397. The minimum Gasteiger partial charge on any atom is -0.631 e. The van der Waals surface area contributed by atoms with Gasteiger partial charge in [0.1, 0.15) is 0 Å². The van der Waals surface area contributed by atoms with Crippen LogP contribution >= 0.6 is 0 Å². The summed E-state index contributed by atoms with van der Waals surface area (Å²) < 4.78 is 4.39. The van der Waals surface area contributed by atoms with Gasteiger partial charge in [-0.2, -0.15) is 7.05 Å². The Balaban J connectivity index is 0. The van der Waals surface area contributed by atoms with Gasteiger partial charge in [0.15, 0.2) is 0 Å². The number of ether oxygens (including phenoxy) is 1. The summed E-state index contributed by atoms with van der Waals surface area (Å²) in [7, 11) is 1.59. The predicted octanol–water partition coefficient (Wildman–Crippen LogP) is 0.508. The zero-order chi connectivity index (χ0) is 5.70. The summed E-state index contributed by atoms with van der Waals surface area (Å²) in [4.78, 5) is 9.92. The van der Waals surface area contributed by atoms with Crippen molar-refractivity contribution in [3.63, 3.8) is 0 Å². The van der Waals surface area contributed by atoms with Gasteiger partial charge in [-0.1, -0.05) is 0 Å². The molecule has 0 spiro atoms. The van der Waals surface area contributed by atoms with Crippen LogP contribution in [0.3, 0.4) is 0 Å². The normalized spacial score (nSPS) is 7.25. The van der Waals surface area contributed by atoms with Crippen LogP contribution in [0.5, 0.6) is 0 Å². The molecular weight excluding hydrogens is 280 g/mol. The first kappa shape index (κ1) is 11.0. The Bertz CT molecular complexity index is 67.1. The van der Waals surface area contributed by atoms with E-state index in [0.29, 0.717) is 0 Å². The number of rotatable bonds is 2. The van der Waals surface area contributed by atoms with Crippen molar-refractivity contribution in [2.24, 2.45) is 0 Å². The van der Waals surface area contributed by atoms with E-state index in [9.17, 15) is 4.79 Å². The second-order valence-corrected chi connectivity index (χ2v) is 1.08. The Labute approximate surface area is 62.4 Å². The molecule has 49 valence electrons. The third-order valence-corrected chi connectivity index (χ3v) is 0.397. The van der Waals surface area contributed by atoms with Crippen molar-refractivity contribution in [3.05, 3.63) is 5.32 Å². The Kier molecular flexibility index (Phi) is 9.72. The number of hydrogen-bond donors (Lipinski definition) is 0. The third kappa shape index (κ3) is 9.43. The molecule has 0 N–H and O–H groups in total. The summed E-state index contributed by atoms with van der Waals surface area (Å²) in [6.45, 7) is 1.53. The van der Waals surface area contributed by atoms with E-state index in [-0.39, 0.29) is 33.1 Å². The molecule has 0 aromatic heterocycles. The van der Waals surface area contributed by atoms with Crippen molar-refractivity contribution in [3.8, 4) is 0 Å². The Morgan fingerprint density at radius 1 is 1.75 bits per heavy atom. The van der Waals surface area contributed by atoms with E-state index in [1.54, 1.807) is 7.05 Å². The Morgan fingerprint density at radius 2 is 2.25 bits per heavy atom. The van der Waals surface area contributed by atoms with Gasteiger partial charge in [-0.3, -0.25) is 4.79 Å². The molecule has 0 saturated heterocycles. The zero-order valence-electron chi connectivity index (χ0n) is 4.85. The summed E-state index contributed by atoms with van der Waals surface area (Å²) in [5, 5.41) is 3.53. The van der Waals surface area contributed by atoms with Crippen LogP contribution in [-0.4, -0.2) is 19.7 Å². The van der Waals surface area contributed by atoms with Gasteiger partial charge >= 0.3 is 5.97 Å². The second-order valence-electron chi connectivity index (χ2n) is 1.08. The largest absolute Gasteiger partial charge is 0.631 e. The van der Waals surface area contributed by atoms with E-state index in [4.69, 9.17) is 0 Å². The van der Waals surface area contributed by atoms with Crippen molar-refractivity contribution in [1.29, 1.82) is 0 Å². The summed E-state index contributed by atoms with van der Waals surface area (Å²) in [5.41, 5.74) is 0. The Hall–Kier alpha value is 0.0923. The molecule has 0 heterocycles. The van der Waals surface area contributed by atoms with Crippen molar-refractivity contribution >= 4 is 5.97 Å². The van der Waals surface area contributed by atoms with Gasteiger partial charge in [-0.25, -0.2) is 0 Å². The molecule has 0 amide bonds. The van der Waals surface area contributed by atoms with Crippen molar-refractivity contribution in [2.45, 2.75) is 6.92 Å². The summed E-state index contributed by atoms with van der Waals surface area (Å²) in [5.74, 6) is -0.286. The summed E-state index contributed by atoms with van der Waals surface area (Å²) in [6.07, 6.45) is 0. The molecule has 0 aliphatic heterocycles. The van der Waals surface area contributed by atoms with Gasteiger partial charge < -0.3 is 10.1 Å². The van der Waals surface area contributed by atoms with Crippen molar-refractivity contribution in [2.75, 3.05) is 13.8 Å². The molecule has 0 unspecified atom stereocenters. The van der Waals surface area contributed by atoms with Crippen LogP contribution in [0.4, 0.5) is 0 Å². The predicted molar refractivity (Wildman–Crippen MR) is 25.9 cm³/mol.